The van der Waals surface area contributed by atoms with Gasteiger partial charge in [-0.1, -0.05) is 0 Å². The molecule has 0 saturated carbocycles. The molecule has 5 heteroatoms. The van der Waals surface area contributed by atoms with Gasteiger partial charge in [0, 0.05) is 24.9 Å². The Balaban J connectivity index is 2.13. The van der Waals surface area contributed by atoms with Gasteiger partial charge in [-0.15, -0.1) is 0 Å². The van der Waals surface area contributed by atoms with Gasteiger partial charge < -0.3 is 9.64 Å². The van der Waals surface area contributed by atoms with E-state index in [0.29, 0.717) is 37.6 Å². The molecule has 0 aromatic carbocycles. The summed E-state index contributed by atoms with van der Waals surface area (Å²) >= 11 is 0. The largest absolute Gasteiger partial charge is 0.477 e. The van der Waals surface area contributed by atoms with E-state index in [2.05, 4.69) is 4.98 Å². The quantitative estimate of drug-likeness (QED) is 0.644. The van der Waals surface area contributed by atoms with Crippen molar-refractivity contribution in [3.05, 3.63) is 17.6 Å². The van der Waals surface area contributed by atoms with Crippen LogP contribution in [0.4, 0.5) is 10.1 Å². The third-order valence-corrected chi connectivity index (χ3v) is 2.78. The molecule has 2 aliphatic rings. The molecule has 3 rings (SSSR count). The summed E-state index contributed by atoms with van der Waals surface area (Å²) in [6.07, 6.45) is 2.24. The fourth-order valence-electron chi connectivity index (χ4n) is 1.94. The molecule has 15 heavy (non-hydrogen) atoms. The highest BCUT2D eigenvalue weighted by Crippen LogP contribution is 2.36. The van der Waals surface area contributed by atoms with Crippen molar-refractivity contribution in [3.8, 4) is 5.88 Å². The van der Waals surface area contributed by atoms with Gasteiger partial charge in [-0.3, -0.25) is 4.79 Å². The summed E-state index contributed by atoms with van der Waals surface area (Å²) in [5.74, 6) is -0.00685. The van der Waals surface area contributed by atoms with Crippen LogP contribution in [0.2, 0.25) is 0 Å². The topological polar surface area (TPSA) is 42.4 Å². The predicted octanol–water partition coefficient (Wildman–Crippen LogP) is 0.892. The van der Waals surface area contributed by atoms with Crippen LogP contribution in [-0.4, -0.2) is 24.0 Å². The SMILES string of the molecule is O=C1CCN1c1c(F)cnc2c1CCO2. The van der Waals surface area contributed by atoms with Crippen LogP contribution < -0.4 is 9.64 Å². The Kier molecular flexibility index (Phi) is 1.68. The zero-order chi connectivity index (χ0) is 10.4. The van der Waals surface area contributed by atoms with Crippen LogP contribution in [0.15, 0.2) is 6.20 Å². The summed E-state index contributed by atoms with van der Waals surface area (Å²) in [5.41, 5.74) is 1.09. The summed E-state index contributed by atoms with van der Waals surface area (Å²) in [7, 11) is 0. The maximum atomic E-state index is 13.6. The Morgan fingerprint density at radius 2 is 2.33 bits per heavy atom. The van der Waals surface area contributed by atoms with Crippen LogP contribution in [0.3, 0.4) is 0 Å². The van der Waals surface area contributed by atoms with Gasteiger partial charge in [0.25, 0.3) is 0 Å². The van der Waals surface area contributed by atoms with Crippen molar-refractivity contribution in [2.45, 2.75) is 12.8 Å². The molecule has 2 aliphatic heterocycles. The molecular weight excluding hydrogens is 199 g/mol. The Morgan fingerprint density at radius 3 is 3.00 bits per heavy atom. The third kappa shape index (κ3) is 1.12. The first-order valence-electron chi connectivity index (χ1n) is 4.88. The summed E-state index contributed by atoms with van der Waals surface area (Å²) in [6.45, 7) is 1.10. The minimum atomic E-state index is -0.438. The number of rotatable bonds is 1. The van der Waals surface area contributed by atoms with Gasteiger partial charge in [-0.25, -0.2) is 9.37 Å². The molecule has 0 N–H and O–H groups in total. The number of fused-ring (bicyclic) bond motifs is 1. The molecule has 78 valence electrons. The molecule has 1 saturated heterocycles. The van der Waals surface area contributed by atoms with Gasteiger partial charge in [-0.2, -0.15) is 0 Å². The van der Waals surface area contributed by atoms with Crippen molar-refractivity contribution in [1.29, 1.82) is 0 Å². The summed E-state index contributed by atoms with van der Waals surface area (Å²) in [6, 6.07) is 0. The van der Waals surface area contributed by atoms with Gasteiger partial charge in [0.05, 0.1) is 18.5 Å². The Morgan fingerprint density at radius 1 is 1.47 bits per heavy atom. The highest BCUT2D eigenvalue weighted by Gasteiger charge is 2.32. The number of ether oxygens (including phenoxy) is 1. The molecule has 3 heterocycles. The van der Waals surface area contributed by atoms with Gasteiger partial charge in [0.15, 0.2) is 5.82 Å². The van der Waals surface area contributed by atoms with Crippen molar-refractivity contribution in [1.82, 2.24) is 4.98 Å². The molecule has 0 unspecified atom stereocenters. The van der Waals surface area contributed by atoms with E-state index < -0.39 is 5.82 Å². The lowest BCUT2D eigenvalue weighted by atomic mass is 10.1. The number of hydrogen-bond donors (Lipinski definition) is 0. The monoisotopic (exact) mass is 208 g/mol. The maximum absolute atomic E-state index is 13.6. The van der Waals surface area contributed by atoms with E-state index in [-0.39, 0.29) is 5.91 Å². The number of aromatic nitrogens is 1. The number of carbonyl (C=O) groups is 1. The molecular formula is C10H9FN2O2. The first-order valence-corrected chi connectivity index (χ1v) is 4.88. The number of pyridine rings is 1. The number of hydrogen-bond acceptors (Lipinski definition) is 3. The first-order chi connectivity index (χ1) is 7.27. The molecule has 1 aromatic heterocycles. The number of anilines is 1. The molecule has 1 aromatic rings. The molecule has 0 radical (unpaired) electrons. The lowest BCUT2D eigenvalue weighted by Crippen LogP contribution is -2.44. The molecule has 0 aliphatic carbocycles. The van der Waals surface area contributed by atoms with E-state index in [0.717, 1.165) is 11.8 Å². The second-order valence-electron chi connectivity index (χ2n) is 3.63. The number of amides is 1. The molecule has 1 fully saturated rings. The van der Waals surface area contributed by atoms with E-state index in [1.807, 2.05) is 0 Å². The average Bonchev–Trinajstić information content (AvgIpc) is 2.68. The summed E-state index contributed by atoms with van der Waals surface area (Å²) in [4.78, 5) is 16.6. The van der Waals surface area contributed by atoms with E-state index in [9.17, 15) is 9.18 Å². The van der Waals surface area contributed by atoms with Crippen LogP contribution in [0.5, 0.6) is 5.88 Å². The van der Waals surface area contributed by atoms with E-state index >= 15 is 0 Å². The molecule has 4 nitrogen and oxygen atoms in total. The second kappa shape index (κ2) is 2.92. The van der Waals surface area contributed by atoms with Gasteiger partial charge in [-0.05, 0) is 0 Å². The van der Waals surface area contributed by atoms with Crippen LogP contribution in [0, 0.1) is 5.82 Å². The first kappa shape index (κ1) is 8.64. The number of nitrogens with zero attached hydrogens (tertiary/aromatic N) is 2. The van der Waals surface area contributed by atoms with Crippen LogP contribution in [0.1, 0.15) is 12.0 Å². The lowest BCUT2D eigenvalue weighted by Gasteiger charge is -2.31. The summed E-state index contributed by atoms with van der Waals surface area (Å²) < 4.78 is 18.8. The van der Waals surface area contributed by atoms with Crippen LogP contribution in [-0.2, 0) is 11.2 Å². The van der Waals surface area contributed by atoms with Gasteiger partial charge in [0.2, 0.25) is 11.8 Å². The zero-order valence-corrected chi connectivity index (χ0v) is 7.99. The molecule has 0 atom stereocenters. The minimum Gasteiger partial charge on any atom is -0.477 e. The Hall–Kier alpha value is -1.65. The van der Waals surface area contributed by atoms with Gasteiger partial charge >= 0.3 is 0 Å². The minimum absolute atomic E-state index is 0.0331. The van der Waals surface area contributed by atoms with Crippen molar-refractivity contribution < 1.29 is 13.9 Å². The standard InChI is InChI=1S/C10H9FN2O2/c11-7-5-12-10-6(2-4-15-10)9(7)13-3-1-8(13)14/h5H,1-4H2. The fourth-order valence-corrected chi connectivity index (χ4v) is 1.94. The Labute approximate surface area is 85.7 Å². The fraction of sp³-hybridized carbons (Fsp3) is 0.400. The molecule has 0 spiro atoms. The normalized spacial score (nSPS) is 18.5. The number of β-lactam (4-membered cyclic amide) rings is 1. The van der Waals surface area contributed by atoms with E-state index in [1.165, 1.54) is 4.90 Å². The third-order valence-electron chi connectivity index (χ3n) is 2.78. The van der Waals surface area contributed by atoms with Crippen LogP contribution >= 0.6 is 0 Å². The van der Waals surface area contributed by atoms with E-state index in [4.69, 9.17) is 4.74 Å². The molecule has 0 bridgehead atoms. The average molecular weight is 208 g/mol. The smallest absolute Gasteiger partial charge is 0.228 e. The van der Waals surface area contributed by atoms with Crippen LogP contribution in [0.25, 0.3) is 0 Å². The molecule has 1 amide bonds. The maximum Gasteiger partial charge on any atom is 0.228 e. The van der Waals surface area contributed by atoms with Crippen molar-refractivity contribution in [2.75, 3.05) is 18.1 Å². The zero-order valence-electron chi connectivity index (χ0n) is 7.99. The highest BCUT2D eigenvalue weighted by atomic mass is 19.1. The van der Waals surface area contributed by atoms with Crippen molar-refractivity contribution in [2.24, 2.45) is 0 Å². The second-order valence-corrected chi connectivity index (χ2v) is 3.63. The number of carbonyl (C=O) groups excluding carboxylic acids is 1. The van der Waals surface area contributed by atoms with Crippen molar-refractivity contribution >= 4 is 11.6 Å². The van der Waals surface area contributed by atoms with Crippen molar-refractivity contribution in [3.63, 3.8) is 0 Å². The predicted molar refractivity (Wildman–Crippen MR) is 50.4 cm³/mol. The lowest BCUT2D eigenvalue weighted by molar-refractivity contribution is -0.122. The Bertz CT molecular complexity index is 447. The van der Waals surface area contributed by atoms with E-state index in [1.54, 1.807) is 0 Å². The highest BCUT2D eigenvalue weighted by molar-refractivity contribution is 6.00. The van der Waals surface area contributed by atoms with Gasteiger partial charge in [0.1, 0.15) is 0 Å². The summed E-state index contributed by atoms with van der Waals surface area (Å²) in [5, 5.41) is 0. The number of halogens is 1.